The van der Waals surface area contributed by atoms with Crippen molar-refractivity contribution in [1.82, 2.24) is 10.5 Å². The molecule has 0 aliphatic rings. The first-order chi connectivity index (χ1) is 5.85. The van der Waals surface area contributed by atoms with E-state index in [4.69, 9.17) is 0 Å². The molecule has 12 heavy (non-hydrogen) atoms. The molecule has 0 unspecified atom stereocenters. The predicted octanol–water partition coefficient (Wildman–Crippen LogP) is 1.35. The van der Waals surface area contributed by atoms with Crippen molar-refractivity contribution in [3.05, 3.63) is 18.0 Å². The van der Waals surface area contributed by atoms with Gasteiger partial charge in [-0.25, -0.2) is 0 Å². The molecule has 0 aromatic carbocycles. The van der Waals surface area contributed by atoms with Crippen LogP contribution >= 0.6 is 0 Å². The lowest BCUT2D eigenvalue weighted by Crippen LogP contribution is -1.89. The van der Waals surface area contributed by atoms with Crippen molar-refractivity contribution in [2.45, 2.75) is 13.8 Å². The van der Waals surface area contributed by atoms with Crippen molar-refractivity contribution >= 4 is 6.29 Å². The summed E-state index contributed by atoms with van der Waals surface area (Å²) in [6, 6.07) is 1.49. The van der Waals surface area contributed by atoms with Gasteiger partial charge in [-0.3, -0.25) is 4.79 Å². The molecule has 0 radical (unpaired) electrons. The fraction of sp³-hybridized carbons (Fsp3) is 0.500. The molecule has 1 N–H and O–H groups in total. The zero-order valence-corrected chi connectivity index (χ0v) is 8.00. The van der Waals surface area contributed by atoms with E-state index in [0.717, 1.165) is 0 Å². The van der Waals surface area contributed by atoms with E-state index in [0.29, 0.717) is 6.29 Å². The third kappa shape index (κ3) is 8.84. The van der Waals surface area contributed by atoms with Gasteiger partial charge in [0.25, 0.3) is 0 Å². The molecule has 1 aromatic rings. The van der Waals surface area contributed by atoms with E-state index in [-0.39, 0.29) is 5.76 Å². The summed E-state index contributed by atoms with van der Waals surface area (Å²) in [4.78, 5) is 9.73. The maximum atomic E-state index is 9.73. The van der Waals surface area contributed by atoms with Crippen LogP contribution in [0, 0.1) is 0 Å². The molecular formula is C8H16N2O2. The summed E-state index contributed by atoms with van der Waals surface area (Å²) in [5.41, 5.74) is 0. The zero-order chi connectivity index (χ0) is 9.82. The number of nitrogens with one attached hydrogen (secondary N) is 1. The quantitative estimate of drug-likeness (QED) is 0.650. The predicted molar refractivity (Wildman–Crippen MR) is 48.2 cm³/mol. The highest BCUT2D eigenvalue weighted by molar-refractivity contribution is 5.69. The minimum absolute atomic E-state index is 0.264. The Hall–Kier alpha value is -1.16. The van der Waals surface area contributed by atoms with Gasteiger partial charge in [-0.15, -0.1) is 0 Å². The number of carbonyl (C=O) groups is 1. The summed E-state index contributed by atoms with van der Waals surface area (Å²) in [6.07, 6.45) is 2.02. The Morgan fingerprint density at radius 2 is 2.00 bits per heavy atom. The molecular weight excluding hydrogens is 156 g/mol. The molecule has 4 nitrogen and oxygen atoms in total. The zero-order valence-electron chi connectivity index (χ0n) is 8.00. The van der Waals surface area contributed by atoms with E-state index >= 15 is 0 Å². The van der Waals surface area contributed by atoms with Crippen LogP contribution in [0.4, 0.5) is 0 Å². The second-order valence-electron chi connectivity index (χ2n) is 1.53. The van der Waals surface area contributed by atoms with Crippen LogP contribution in [0.5, 0.6) is 0 Å². The van der Waals surface area contributed by atoms with Gasteiger partial charge in [0, 0.05) is 6.07 Å². The maximum Gasteiger partial charge on any atom is 0.199 e. The van der Waals surface area contributed by atoms with Crippen molar-refractivity contribution in [2.24, 2.45) is 0 Å². The van der Waals surface area contributed by atoms with E-state index in [2.05, 4.69) is 15.0 Å². The number of rotatable bonds is 1. The van der Waals surface area contributed by atoms with Crippen LogP contribution in [0.3, 0.4) is 0 Å². The topological polar surface area (TPSA) is 55.1 Å². The Morgan fingerprint density at radius 1 is 1.50 bits per heavy atom. The average Bonchev–Trinajstić information content (AvgIpc) is 2.61. The van der Waals surface area contributed by atoms with Gasteiger partial charge >= 0.3 is 0 Å². The number of nitrogens with zero attached hydrogens (tertiary/aromatic N) is 1. The van der Waals surface area contributed by atoms with E-state index in [1.165, 1.54) is 12.3 Å². The van der Waals surface area contributed by atoms with Crippen molar-refractivity contribution in [3.63, 3.8) is 0 Å². The number of hydrogen-bond acceptors (Lipinski definition) is 4. The van der Waals surface area contributed by atoms with Crippen LogP contribution in [-0.2, 0) is 0 Å². The highest BCUT2D eigenvalue weighted by Gasteiger charge is 1.86. The molecule has 0 amide bonds. The first-order valence-corrected chi connectivity index (χ1v) is 3.79. The molecule has 0 atom stereocenters. The lowest BCUT2D eigenvalue weighted by molar-refractivity contribution is 0.109. The molecule has 70 valence electrons. The minimum Gasteiger partial charge on any atom is -0.353 e. The fourth-order valence-corrected chi connectivity index (χ4v) is 0.286. The normalized spacial score (nSPS) is 7.00. The highest BCUT2D eigenvalue weighted by atomic mass is 16.5. The molecule has 1 heterocycles. The minimum atomic E-state index is 0.264. The summed E-state index contributed by atoms with van der Waals surface area (Å²) in [5, 5.41) is 6.04. The molecule has 0 aliphatic carbocycles. The lowest BCUT2D eigenvalue weighted by atomic mass is 10.5. The van der Waals surface area contributed by atoms with Gasteiger partial charge in [0.15, 0.2) is 12.0 Å². The number of carbonyl (C=O) groups excluding carboxylic acids is 1. The Labute approximate surface area is 72.9 Å². The van der Waals surface area contributed by atoms with Gasteiger partial charge in [0.2, 0.25) is 0 Å². The third-order valence-corrected chi connectivity index (χ3v) is 0.574. The van der Waals surface area contributed by atoms with Crippen molar-refractivity contribution in [3.8, 4) is 0 Å². The molecule has 4 heteroatoms. The molecule has 1 rings (SSSR count). The standard InChI is InChI=1S/C4H3NO2.C2H7N.C2H6/c6-3-4-1-2-5-7-4;1-3-2;1-2/h1-3H;3H,1-2H3;1-2H3. The molecule has 0 bridgehead atoms. The van der Waals surface area contributed by atoms with E-state index in [1.54, 1.807) is 0 Å². The van der Waals surface area contributed by atoms with Crippen LogP contribution in [0.1, 0.15) is 24.4 Å². The van der Waals surface area contributed by atoms with Gasteiger partial charge in [0.1, 0.15) is 0 Å². The van der Waals surface area contributed by atoms with Crippen LogP contribution in [-0.4, -0.2) is 25.5 Å². The Kier molecular flexibility index (Phi) is 14.0. The van der Waals surface area contributed by atoms with Crippen LogP contribution in [0.2, 0.25) is 0 Å². The highest BCUT2D eigenvalue weighted by Crippen LogP contribution is 1.87. The Morgan fingerprint density at radius 3 is 2.17 bits per heavy atom. The van der Waals surface area contributed by atoms with Gasteiger partial charge in [0.05, 0.1) is 6.20 Å². The third-order valence-electron chi connectivity index (χ3n) is 0.574. The summed E-state index contributed by atoms with van der Waals surface area (Å²) < 4.78 is 4.36. The van der Waals surface area contributed by atoms with Crippen molar-refractivity contribution < 1.29 is 9.32 Å². The maximum absolute atomic E-state index is 9.73. The average molecular weight is 172 g/mol. The Bertz CT molecular complexity index is 162. The number of hydrogen-bond donors (Lipinski definition) is 1. The van der Waals surface area contributed by atoms with E-state index in [9.17, 15) is 4.79 Å². The van der Waals surface area contributed by atoms with Gasteiger partial charge in [-0.2, -0.15) is 0 Å². The summed E-state index contributed by atoms with van der Waals surface area (Å²) in [5.74, 6) is 0.264. The summed E-state index contributed by atoms with van der Waals surface area (Å²) >= 11 is 0. The van der Waals surface area contributed by atoms with Gasteiger partial charge in [-0.1, -0.05) is 19.0 Å². The van der Waals surface area contributed by atoms with E-state index < -0.39 is 0 Å². The number of aromatic nitrogens is 1. The molecule has 1 aromatic heterocycles. The first kappa shape index (κ1) is 13.4. The largest absolute Gasteiger partial charge is 0.353 e. The number of aldehydes is 1. The second kappa shape index (κ2) is 12.5. The SMILES string of the molecule is CC.CNC.O=Cc1ccno1. The van der Waals surface area contributed by atoms with Crippen LogP contribution < -0.4 is 5.32 Å². The molecule has 0 saturated carbocycles. The van der Waals surface area contributed by atoms with Crippen molar-refractivity contribution in [2.75, 3.05) is 14.1 Å². The fourth-order valence-electron chi connectivity index (χ4n) is 0.286. The van der Waals surface area contributed by atoms with Gasteiger partial charge < -0.3 is 9.84 Å². The first-order valence-electron chi connectivity index (χ1n) is 3.79. The van der Waals surface area contributed by atoms with E-state index in [1.807, 2.05) is 27.9 Å². The summed E-state index contributed by atoms with van der Waals surface area (Å²) in [6.45, 7) is 4.00. The lowest BCUT2D eigenvalue weighted by Gasteiger charge is -1.65. The summed E-state index contributed by atoms with van der Waals surface area (Å²) in [7, 11) is 3.75. The van der Waals surface area contributed by atoms with Gasteiger partial charge in [-0.05, 0) is 14.1 Å². The molecule has 0 aliphatic heterocycles. The second-order valence-corrected chi connectivity index (χ2v) is 1.53. The molecule has 0 fully saturated rings. The Balaban J connectivity index is 0. The van der Waals surface area contributed by atoms with Crippen molar-refractivity contribution in [1.29, 1.82) is 0 Å². The monoisotopic (exact) mass is 172 g/mol. The van der Waals surface area contributed by atoms with Crippen LogP contribution in [0.25, 0.3) is 0 Å². The molecule has 0 saturated heterocycles. The van der Waals surface area contributed by atoms with Crippen LogP contribution in [0.15, 0.2) is 16.8 Å². The smallest absolute Gasteiger partial charge is 0.199 e. The molecule has 0 spiro atoms.